The second kappa shape index (κ2) is 20.7. The van der Waals surface area contributed by atoms with Crippen molar-refractivity contribution in [2.24, 2.45) is 4.99 Å². The maximum atomic E-state index is 3.91. The second-order valence-corrected chi connectivity index (χ2v) is 2.71. The first-order valence-electron chi connectivity index (χ1n) is 6.51. The minimum Gasteiger partial charge on any atom is -0.269 e. The zero-order valence-corrected chi connectivity index (χ0v) is 12.7. The van der Waals surface area contributed by atoms with Crippen LogP contribution in [0, 0.1) is 0 Å². The summed E-state index contributed by atoms with van der Waals surface area (Å²) in [5, 5.41) is 0. The van der Waals surface area contributed by atoms with Crippen LogP contribution in [0.25, 0.3) is 0 Å². The Kier molecular flexibility index (Phi) is 24.9. The molecule has 0 heterocycles. The van der Waals surface area contributed by atoms with E-state index >= 15 is 0 Å². The predicted octanol–water partition coefficient (Wildman–Crippen LogP) is 5.89. The molecular weight excluding hydrogens is 218 g/mol. The SMILES string of the molecule is C=C/C=C(\C=C/C)C/C(=C/C=C)N=C.CC.CC. The molecule has 0 aliphatic carbocycles. The number of hydrogen-bond donors (Lipinski definition) is 0. The van der Waals surface area contributed by atoms with Crippen LogP contribution in [0.4, 0.5) is 0 Å². The van der Waals surface area contributed by atoms with Crippen LogP contribution < -0.4 is 0 Å². The van der Waals surface area contributed by atoms with Gasteiger partial charge in [-0.05, 0) is 25.3 Å². The Balaban J connectivity index is -0.000000506. The fourth-order valence-electron chi connectivity index (χ4n) is 1.05. The second-order valence-electron chi connectivity index (χ2n) is 2.71. The Morgan fingerprint density at radius 2 is 1.50 bits per heavy atom. The van der Waals surface area contributed by atoms with Gasteiger partial charge in [-0.3, -0.25) is 4.99 Å². The predicted molar refractivity (Wildman–Crippen MR) is 88.2 cm³/mol. The van der Waals surface area contributed by atoms with Crippen LogP contribution in [-0.4, -0.2) is 6.72 Å². The Bertz CT molecular complexity index is 291. The summed E-state index contributed by atoms with van der Waals surface area (Å²) in [4.78, 5) is 3.91. The third-order valence-corrected chi connectivity index (χ3v) is 1.61. The molecule has 0 aromatic heterocycles. The fraction of sp³-hybridized carbons (Fsp3) is 0.353. The molecule has 1 heteroatoms. The summed E-state index contributed by atoms with van der Waals surface area (Å²) in [6.07, 6.45) is 12.1. The molecule has 0 aromatic rings. The molecule has 0 spiro atoms. The van der Waals surface area contributed by atoms with Crippen molar-refractivity contribution < 1.29 is 0 Å². The minimum absolute atomic E-state index is 0.756. The molecule has 0 N–H and O–H groups in total. The van der Waals surface area contributed by atoms with Gasteiger partial charge in [0.25, 0.3) is 0 Å². The van der Waals surface area contributed by atoms with E-state index < -0.39 is 0 Å². The van der Waals surface area contributed by atoms with E-state index in [-0.39, 0.29) is 0 Å². The van der Waals surface area contributed by atoms with Crippen LogP contribution in [0.3, 0.4) is 0 Å². The molecule has 0 aliphatic heterocycles. The summed E-state index contributed by atoms with van der Waals surface area (Å²) >= 11 is 0. The Labute approximate surface area is 114 Å². The van der Waals surface area contributed by atoms with Crippen molar-refractivity contribution in [2.75, 3.05) is 0 Å². The summed E-state index contributed by atoms with van der Waals surface area (Å²) in [6, 6.07) is 0. The van der Waals surface area contributed by atoms with Crippen LogP contribution in [0.5, 0.6) is 0 Å². The van der Waals surface area contributed by atoms with Gasteiger partial charge in [-0.15, -0.1) is 0 Å². The van der Waals surface area contributed by atoms with Gasteiger partial charge >= 0.3 is 0 Å². The molecule has 0 saturated heterocycles. The highest BCUT2D eigenvalue weighted by atomic mass is 14.7. The Hall–Kier alpha value is -1.63. The summed E-state index contributed by atoms with van der Waals surface area (Å²) in [5.41, 5.74) is 2.06. The quantitative estimate of drug-likeness (QED) is 0.410. The smallest absolute Gasteiger partial charge is 0.0439 e. The molecular formula is C17H29N. The maximum Gasteiger partial charge on any atom is 0.0439 e. The molecule has 18 heavy (non-hydrogen) atoms. The van der Waals surface area contributed by atoms with E-state index in [4.69, 9.17) is 0 Å². The van der Waals surface area contributed by atoms with Gasteiger partial charge in [0.05, 0.1) is 0 Å². The molecule has 0 bridgehead atoms. The third kappa shape index (κ3) is 14.4. The van der Waals surface area contributed by atoms with E-state index in [0.717, 1.165) is 17.7 Å². The average molecular weight is 247 g/mol. The van der Waals surface area contributed by atoms with Crippen molar-refractivity contribution in [3.8, 4) is 0 Å². The van der Waals surface area contributed by atoms with Crippen molar-refractivity contribution in [3.05, 3.63) is 60.9 Å². The van der Waals surface area contributed by atoms with Crippen LogP contribution in [0.15, 0.2) is 65.9 Å². The molecule has 0 amide bonds. The Morgan fingerprint density at radius 1 is 1.00 bits per heavy atom. The van der Waals surface area contributed by atoms with Gasteiger partial charge in [0.2, 0.25) is 0 Å². The standard InChI is InChI=1S/C13H17N.2C2H6/c1-5-8-12(9-6-2)11-13(14-4)10-7-3;2*1-2/h5-10H,1,3-4,11H2,2H3;2*1-2H3/b9-6-,12-8+,13-10-;;. The molecule has 0 aromatic carbocycles. The van der Waals surface area contributed by atoms with Crippen LogP contribution in [0.2, 0.25) is 0 Å². The highest BCUT2D eigenvalue weighted by molar-refractivity contribution is 5.34. The first-order valence-corrected chi connectivity index (χ1v) is 6.51. The number of aliphatic imine (C=N–C) groups is 1. The van der Waals surface area contributed by atoms with Crippen molar-refractivity contribution >= 4 is 6.72 Å². The molecule has 1 nitrogen and oxygen atoms in total. The first-order chi connectivity index (χ1) is 8.78. The van der Waals surface area contributed by atoms with Crippen LogP contribution in [0.1, 0.15) is 41.0 Å². The number of nitrogens with zero attached hydrogens (tertiary/aromatic N) is 1. The van der Waals surface area contributed by atoms with Gasteiger partial charge in [0.1, 0.15) is 0 Å². The number of hydrogen-bond acceptors (Lipinski definition) is 1. The minimum atomic E-state index is 0.756. The zero-order valence-electron chi connectivity index (χ0n) is 12.7. The van der Waals surface area contributed by atoms with Gasteiger partial charge in [0.15, 0.2) is 0 Å². The number of allylic oxidation sites excluding steroid dienone is 7. The van der Waals surface area contributed by atoms with Gasteiger partial charge in [-0.1, -0.05) is 71.2 Å². The monoisotopic (exact) mass is 247 g/mol. The molecule has 0 aliphatic rings. The van der Waals surface area contributed by atoms with Crippen molar-refractivity contribution in [2.45, 2.75) is 41.0 Å². The van der Waals surface area contributed by atoms with Gasteiger partial charge in [0, 0.05) is 12.1 Å². The van der Waals surface area contributed by atoms with Crippen molar-refractivity contribution in [3.63, 3.8) is 0 Å². The molecule has 102 valence electrons. The normalized spacial score (nSPS) is 10.7. The van der Waals surface area contributed by atoms with E-state index in [1.165, 1.54) is 0 Å². The fourth-order valence-corrected chi connectivity index (χ4v) is 1.05. The first kappa shape index (κ1) is 21.6. The lowest BCUT2D eigenvalue weighted by molar-refractivity contribution is 1.12. The highest BCUT2D eigenvalue weighted by Crippen LogP contribution is 2.13. The van der Waals surface area contributed by atoms with E-state index in [9.17, 15) is 0 Å². The summed E-state index contributed by atoms with van der Waals surface area (Å²) in [7, 11) is 0. The molecule has 0 fully saturated rings. The molecule has 0 radical (unpaired) electrons. The summed E-state index contributed by atoms with van der Waals surface area (Å²) in [6.45, 7) is 20.8. The topological polar surface area (TPSA) is 12.4 Å². The molecule has 0 unspecified atom stereocenters. The summed E-state index contributed by atoms with van der Waals surface area (Å²) < 4.78 is 0. The van der Waals surface area contributed by atoms with E-state index in [1.54, 1.807) is 12.2 Å². The highest BCUT2D eigenvalue weighted by Gasteiger charge is 1.95. The third-order valence-electron chi connectivity index (χ3n) is 1.61. The lowest BCUT2D eigenvalue weighted by atomic mass is 10.1. The maximum absolute atomic E-state index is 3.91. The summed E-state index contributed by atoms with van der Waals surface area (Å²) in [5.74, 6) is 0. The van der Waals surface area contributed by atoms with Gasteiger partial charge in [-0.25, -0.2) is 0 Å². The molecule has 0 atom stereocenters. The van der Waals surface area contributed by atoms with E-state index in [1.807, 2.05) is 58.9 Å². The average Bonchev–Trinajstić information content (AvgIpc) is 2.43. The van der Waals surface area contributed by atoms with Crippen molar-refractivity contribution in [1.29, 1.82) is 0 Å². The lowest BCUT2D eigenvalue weighted by Crippen LogP contribution is -1.82. The van der Waals surface area contributed by atoms with Gasteiger partial charge in [-0.2, -0.15) is 0 Å². The van der Waals surface area contributed by atoms with E-state index in [0.29, 0.717) is 0 Å². The largest absolute Gasteiger partial charge is 0.269 e. The number of rotatable bonds is 6. The van der Waals surface area contributed by atoms with Crippen LogP contribution in [-0.2, 0) is 0 Å². The zero-order chi connectivity index (χ0) is 14.8. The lowest BCUT2D eigenvalue weighted by Gasteiger charge is -2.01. The van der Waals surface area contributed by atoms with E-state index in [2.05, 4.69) is 24.9 Å². The molecule has 0 rings (SSSR count). The Morgan fingerprint density at radius 3 is 1.83 bits per heavy atom. The molecule has 0 saturated carbocycles. The van der Waals surface area contributed by atoms with Gasteiger partial charge < -0.3 is 0 Å². The van der Waals surface area contributed by atoms with Crippen molar-refractivity contribution in [1.82, 2.24) is 0 Å². The van der Waals surface area contributed by atoms with Crippen LogP contribution >= 0.6 is 0 Å².